The average Bonchev–Trinajstić information content (AvgIpc) is 2.80. The maximum atomic E-state index is 13.7. The molecule has 176 valence electrons. The predicted octanol–water partition coefficient (Wildman–Crippen LogP) is 7.68. The lowest BCUT2D eigenvalue weighted by Gasteiger charge is -2.40. The number of anilines is 2. The van der Waals surface area contributed by atoms with Crippen molar-refractivity contribution in [2.45, 2.75) is 39.7 Å². The van der Waals surface area contributed by atoms with Gasteiger partial charge in [-0.05, 0) is 81.3 Å². The molecule has 0 bridgehead atoms. The molecule has 1 atom stereocenters. The van der Waals surface area contributed by atoms with E-state index in [4.69, 9.17) is 0 Å². The molecule has 0 radical (unpaired) electrons. The quantitative estimate of drug-likeness (QED) is 0.311. The standard InChI is InChI=1S/C32H32N2O/c1-19-14-23(11-13-27(19)34(4)5)31-30-25(17-32(2,3)18-28(30)35)29-24-16-21-9-7-6-8-20(21)15-22(24)10-12-26(29)33-31/h6-16,31,33H,17-18H2,1-5H3. The van der Waals surface area contributed by atoms with E-state index in [1.807, 2.05) is 0 Å². The summed E-state index contributed by atoms with van der Waals surface area (Å²) in [6, 6.07) is 24.0. The maximum Gasteiger partial charge on any atom is 0.162 e. The minimum atomic E-state index is -0.131. The molecular formula is C32H32N2O. The van der Waals surface area contributed by atoms with E-state index in [0.717, 1.165) is 23.2 Å². The van der Waals surface area contributed by atoms with Gasteiger partial charge in [0, 0.05) is 43.0 Å². The van der Waals surface area contributed by atoms with Crippen LogP contribution in [0.2, 0.25) is 0 Å². The lowest BCUT2D eigenvalue weighted by Crippen LogP contribution is -2.33. The number of nitrogens with zero attached hydrogens (tertiary/aromatic N) is 1. The number of aryl methyl sites for hydroxylation is 1. The van der Waals surface area contributed by atoms with Gasteiger partial charge in [0.25, 0.3) is 0 Å². The molecule has 0 saturated heterocycles. The summed E-state index contributed by atoms with van der Waals surface area (Å²) in [5.74, 6) is 0.270. The van der Waals surface area contributed by atoms with Gasteiger partial charge in [0.2, 0.25) is 0 Å². The summed E-state index contributed by atoms with van der Waals surface area (Å²) in [6.45, 7) is 6.60. The maximum absolute atomic E-state index is 13.7. The molecule has 4 aromatic carbocycles. The molecule has 4 aromatic rings. The van der Waals surface area contributed by atoms with Crippen LogP contribution < -0.4 is 10.2 Å². The highest BCUT2D eigenvalue weighted by Gasteiger charge is 2.40. The first-order valence-electron chi connectivity index (χ1n) is 12.5. The summed E-state index contributed by atoms with van der Waals surface area (Å²) in [4.78, 5) is 15.9. The Labute approximate surface area is 207 Å². The Hall–Kier alpha value is -3.59. The highest BCUT2D eigenvalue weighted by atomic mass is 16.1. The Morgan fingerprint density at radius 3 is 2.34 bits per heavy atom. The van der Waals surface area contributed by atoms with E-state index in [-0.39, 0.29) is 17.2 Å². The molecule has 1 unspecified atom stereocenters. The van der Waals surface area contributed by atoms with Gasteiger partial charge in [-0.1, -0.05) is 56.3 Å². The van der Waals surface area contributed by atoms with Gasteiger partial charge in [-0.25, -0.2) is 0 Å². The van der Waals surface area contributed by atoms with E-state index in [0.29, 0.717) is 6.42 Å². The van der Waals surface area contributed by atoms with Crippen LogP contribution in [0.1, 0.15) is 49.4 Å². The molecule has 35 heavy (non-hydrogen) atoms. The van der Waals surface area contributed by atoms with Crippen LogP contribution in [0.15, 0.2) is 72.3 Å². The highest BCUT2D eigenvalue weighted by molar-refractivity contribution is 6.14. The smallest absolute Gasteiger partial charge is 0.162 e. The molecule has 0 saturated carbocycles. The van der Waals surface area contributed by atoms with Gasteiger partial charge in [-0.15, -0.1) is 0 Å². The fourth-order valence-electron chi connectivity index (χ4n) is 6.19. The van der Waals surface area contributed by atoms with Crippen LogP contribution in [0.4, 0.5) is 11.4 Å². The zero-order valence-electron chi connectivity index (χ0n) is 21.2. The Balaban J connectivity index is 1.61. The van der Waals surface area contributed by atoms with Gasteiger partial charge < -0.3 is 10.2 Å². The third-order valence-electron chi connectivity index (χ3n) is 7.73. The van der Waals surface area contributed by atoms with Crippen molar-refractivity contribution >= 4 is 44.3 Å². The van der Waals surface area contributed by atoms with Gasteiger partial charge in [-0.3, -0.25) is 4.79 Å². The van der Waals surface area contributed by atoms with E-state index in [2.05, 4.69) is 112 Å². The van der Waals surface area contributed by atoms with Crippen LogP contribution in [-0.4, -0.2) is 19.9 Å². The van der Waals surface area contributed by atoms with E-state index in [1.54, 1.807) is 0 Å². The minimum Gasteiger partial charge on any atom is -0.377 e. The van der Waals surface area contributed by atoms with E-state index < -0.39 is 0 Å². The number of fused-ring (bicyclic) bond motifs is 5. The lowest BCUT2D eigenvalue weighted by molar-refractivity contribution is -0.118. The molecule has 1 heterocycles. The predicted molar refractivity (Wildman–Crippen MR) is 148 cm³/mol. The molecular weight excluding hydrogens is 428 g/mol. The van der Waals surface area contributed by atoms with Crippen molar-refractivity contribution in [1.29, 1.82) is 0 Å². The molecule has 2 aliphatic rings. The minimum absolute atomic E-state index is 0.0568. The molecule has 1 aliphatic carbocycles. The van der Waals surface area contributed by atoms with Gasteiger partial charge >= 0.3 is 0 Å². The van der Waals surface area contributed by atoms with E-state index in [9.17, 15) is 4.79 Å². The van der Waals surface area contributed by atoms with E-state index in [1.165, 1.54) is 43.9 Å². The lowest BCUT2D eigenvalue weighted by atomic mass is 9.67. The third kappa shape index (κ3) is 3.53. The zero-order chi connectivity index (χ0) is 24.5. The molecule has 0 fully saturated rings. The van der Waals surface area contributed by atoms with Crippen molar-refractivity contribution in [1.82, 2.24) is 0 Å². The number of carbonyl (C=O) groups is 1. The van der Waals surface area contributed by atoms with Crippen LogP contribution in [0.25, 0.3) is 27.1 Å². The second kappa shape index (κ2) is 7.71. The number of nitrogens with one attached hydrogen (secondary N) is 1. The summed E-state index contributed by atoms with van der Waals surface area (Å²) >= 11 is 0. The number of allylic oxidation sites excluding steroid dienone is 1. The molecule has 3 heteroatoms. The molecule has 0 aromatic heterocycles. The van der Waals surface area contributed by atoms with Crippen LogP contribution in [0.3, 0.4) is 0 Å². The van der Waals surface area contributed by atoms with Crippen molar-refractivity contribution in [3.63, 3.8) is 0 Å². The normalized spacial score (nSPS) is 18.9. The zero-order valence-corrected chi connectivity index (χ0v) is 21.2. The fourth-order valence-corrected chi connectivity index (χ4v) is 6.19. The number of hydrogen-bond donors (Lipinski definition) is 1. The Kier molecular flexibility index (Phi) is 4.83. The number of Topliss-reactive ketones (excluding diaryl/α,β-unsaturated/α-hetero) is 1. The number of hydrogen-bond acceptors (Lipinski definition) is 3. The SMILES string of the molecule is Cc1cc(C2Nc3ccc4cc5ccccc5cc4c3C3=C2C(=O)CC(C)(C)C3)ccc1N(C)C. The van der Waals surface area contributed by atoms with Gasteiger partial charge in [0.05, 0.1) is 6.04 Å². The summed E-state index contributed by atoms with van der Waals surface area (Å²) < 4.78 is 0. The molecule has 0 amide bonds. The van der Waals surface area contributed by atoms with E-state index >= 15 is 0 Å². The second-order valence-electron chi connectivity index (χ2n) is 11.3. The van der Waals surface area contributed by atoms with Crippen molar-refractivity contribution < 1.29 is 4.79 Å². The molecule has 6 rings (SSSR count). The van der Waals surface area contributed by atoms with Crippen LogP contribution >= 0.6 is 0 Å². The Bertz CT molecular complexity index is 1560. The fraction of sp³-hybridized carbons (Fsp3) is 0.281. The highest BCUT2D eigenvalue weighted by Crippen LogP contribution is 2.52. The monoisotopic (exact) mass is 460 g/mol. The number of benzene rings is 4. The van der Waals surface area contributed by atoms with Gasteiger partial charge in [-0.2, -0.15) is 0 Å². The van der Waals surface area contributed by atoms with Crippen LogP contribution in [0, 0.1) is 12.3 Å². The Morgan fingerprint density at radius 2 is 1.63 bits per heavy atom. The molecule has 1 N–H and O–H groups in total. The first-order valence-corrected chi connectivity index (χ1v) is 12.5. The first-order chi connectivity index (χ1) is 16.7. The van der Waals surface area contributed by atoms with Crippen molar-refractivity contribution in [3.05, 3.63) is 89.0 Å². The largest absolute Gasteiger partial charge is 0.377 e. The number of carbonyl (C=O) groups excluding carboxylic acids is 1. The Morgan fingerprint density at radius 1 is 0.886 bits per heavy atom. The number of ketones is 1. The van der Waals surface area contributed by atoms with Crippen LogP contribution in [-0.2, 0) is 4.79 Å². The topological polar surface area (TPSA) is 32.3 Å². The summed E-state index contributed by atoms with van der Waals surface area (Å²) in [5, 5.41) is 8.71. The van der Waals surface area contributed by atoms with Gasteiger partial charge in [0.15, 0.2) is 5.78 Å². The van der Waals surface area contributed by atoms with Crippen molar-refractivity contribution in [2.75, 3.05) is 24.3 Å². The average molecular weight is 461 g/mol. The molecule has 3 nitrogen and oxygen atoms in total. The summed E-state index contributed by atoms with van der Waals surface area (Å²) in [7, 11) is 4.14. The summed E-state index contributed by atoms with van der Waals surface area (Å²) in [5.41, 5.74) is 8.02. The second-order valence-corrected chi connectivity index (χ2v) is 11.3. The third-order valence-corrected chi connectivity index (χ3v) is 7.73. The first kappa shape index (κ1) is 21.9. The van der Waals surface area contributed by atoms with Crippen LogP contribution in [0.5, 0.6) is 0 Å². The van der Waals surface area contributed by atoms with Crippen molar-refractivity contribution in [2.24, 2.45) is 5.41 Å². The number of rotatable bonds is 2. The van der Waals surface area contributed by atoms with Crippen molar-refractivity contribution in [3.8, 4) is 0 Å². The molecule has 1 aliphatic heterocycles. The summed E-state index contributed by atoms with van der Waals surface area (Å²) in [6.07, 6.45) is 1.49. The van der Waals surface area contributed by atoms with Gasteiger partial charge in [0.1, 0.15) is 0 Å². The molecule has 0 spiro atoms.